The van der Waals surface area contributed by atoms with Gasteiger partial charge < -0.3 is 10.1 Å². The highest BCUT2D eigenvalue weighted by molar-refractivity contribution is 5.88. The Morgan fingerprint density at radius 1 is 1.43 bits per heavy atom. The number of amides is 1. The van der Waals surface area contributed by atoms with Crippen molar-refractivity contribution in [3.8, 4) is 0 Å². The summed E-state index contributed by atoms with van der Waals surface area (Å²) in [6, 6.07) is -0.0602. The van der Waals surface area contributed by atoms with Gasteiger partial charge in [0.15, 0.2) is 0 Å². The molecule has 1 aliphatic heterocycles. The maximum Gasteiger partial charge on any atom is 0.310 e. The van der Waals surface area contributed by atoms with Crippen LogP contribution in [0.4, 0.5) is 0 Å². The second kappa shape index (κ2) is 3.98. The number of hydrogen-bond donors (Lipinski definition) is 1. The molecule has 0 aromatic heterocycles. The van der Waals surface area contributed by atoms with E-state index < -0.39 is 0 Å². The molecule has 1 aliphatic rings. The summed E-state index contributed by atoms with van der Waals surface area (Å²) in [6.07, 6.45) is 0. The first-order valence-corrected chi connectivity index (χ1v) is 4.87. The summed E-state index contributed by atoms with van der Waals surface area (Å²) in [6.45, 7) is 5.76. The first kappa shape index (κ1) is 11.0. The first-order valence-electron chi connectivity index (χ1n) is 4.87. The van der Waals surface area contributed by atoms with E-state index in [0.29, 0.717) is 0 Å². The third kappa shape index (κ3) is 1.74. The van der Waals surface area contributed by atoms with Gasteiger partial charge in [0.05, 0.1) is 25.0 Å². The Hall–Kier alpha value is -1.06. The Morgan fingerprint density at radius 3 is 2.36 bits per heavy atom. The summed E-state index contributed by atoms with van der Waals surface area (Å²) in [5.74, 6) is -0.267. The fraction of sp³-hybridized carbons (Fsp3) is 0.800. The lowest BCUT2D eigenvalue weighted by molar-refractivity contribution is -0.152. The van der Waals surface area contributed by atoms with Crippen LogP contribution in [0.15, 0.2) is 0 Å². The van der Waals surface area contributed by atoms with Gasteiger partial charge in [0, 0.05) is 0 Å². The molecule has 0 aliphatic carbocycles. The quantitative estimate of drug-likeness (QED) is 0.534. The molecule has 4 nitrogen and oxygen atoms in total. The smallest absolute Gasteiger partial charge is 0.310 e. The lowest BCUT2D eigenvalue weighted by Crippen LogP contribution is -2.63. The van der Waals surface area contributed by atoms with Crippen molar-refractivity contribution < 1.29 is 14.3 Å². The van der Waals surface area contributed by atoms with Crippen LogP contribution in [0.2, 0.25) is 0 Å². The second-order valence-electron chi connectivity index (χ2n) is 4.12. The Morgan fingerprint density at radius 2 is 2.00 bits per heavy atom. The molecule has 3 atom stereocenters. The molecule has 1 amide bonds. The van der Waals surface area contributed by atoms with E-state index in [-0.39, 0.29) is 35.7 Å². The topological polar surface area (TPSA) is 55.4 Å². The van der Waals surface area contributed by atoms with Gasteiger partial charge in [-0.2, -0.15) is 0 Å². The molecule has 1 rings (SSSR count). The number of hydrogen-bond acceptors (Lipinski definition) is 3. The molecule has 0 aromatic carbocycles. The minimum Gasteiger partial charge on any atom is -0.469 e. The van der Waals surface area contributed by atoms with Crippen molar-refractivity contribution in [1.29, 1.82) is 0 Å². The van der Waals surface area contributed by atoms with Crippen molar-refractivity contribution in [2.45, 2.75) is 26.8 Å². The lowest BCUT2D eigenvalue weighted by Gasteiger charge is -2.41. The van der Waals surface area contributed by atoms with Crippen LogP contribution in [0.3, 0.4) is 0 Å². The molecule has 4 heteroatoms. The average Bonchev–Trinajstić information content (AvgIpc) is 2.10. The van der Waals surface area contributed by atoms with E-state index in [1.165, 1.54) is 7.11 Å². The molecule has 0 radical (unpaired) electrons. The van der Waals surface area contributed by atoms with E-state index in [0.717, 1.165) is 0 Å². The summed E-state index contributed by atoms with van der Waals surface area (Å²) in [7, 11) is 1.36. The van der Waals surface area contributed by atoms with Crippen molar-refractivity contribution in [3.63, 3.8) is 0 Å². The van der Waals surface area contributed by atoms with Crippen molar-refractivity contribution in [3.05, 3.63) is 0 Å². The zero-order valence-corrected chi connectivity index (χ0v) is 9.03. The number of β-lactam (4-membered cyclic amide) rings is 1. The molecule has 14 heavy (non-hydrogen) atoms. The molecule has 1 saturated heterocycles. The zero-order chi connectivity index (χ0) is 10.9. The van der Waals surface area contributed by atoms with Gasteiger partial charge in [-0.15, -0.1) is 0 Å². The van der Waals surface area contributed by atoms with E-state index >= 15 is 0 Å². The van der Waals surface area contributed by atoms with Gasteiger partial charge in [-0.1, -0.05) is 13.8 Å². The van der Waals surface area contributed by atoms with Crippen molar-refractivity contribution in [1.82, 2.24) is 5.32 Å². The van der Waals surface area contributed by atoms with Gasteiger partial charge >= 0.3 is 5.97 Å². The number of carbonyl (C=O) groups excluding carboxylic acids is 2. The fourth-order valence-electron chi connectivity index (χ4n) is 1.90. The molecule has 0 spiro atoms. The van der Waals surface area contributed by atoms with E-state index in [2.05, 4.69) is 10.1 Å². The average molecular weight is 199 g/mol. The molecule has 1 fully saturated rings. The van der Waals surface area contributed by atoms with Crippen LogP contribution in [0.25, 0.3) is 0 Å². The summed E-state index contributed by atoms with van der Waals surface area (Å²) >= 11 is 0. The Balaban J connectivity index is 2.62. The number of esters is 1. The lowest BCUT2D eigenvalue weighted by atomic mass is 9.75. The summed E-state index contributed by atoms with van der Waals surface area (Å²) < 4.78 is 4.64. The summed E-state index contributed by atoms with van der Waals surface area (Å²) in [4.78, 5) is 22.5. The normalized spacial score (nSPS) is 27.9. The van der Waals surface area contributed by atoms with E-state index in [1.807, 2.05) is 13.8 Å². The van der Waals surface area contributed by atoms with Gasteiger partial charge in [0.1, 0.15) is 0 Å². The zero-order valence-electron chi connectivity index (χ0n) is 9.03. The van der Waals surface area contributed by atoms with Crippen LogP contribution >= 0.6 is 0 Å². The van der Waals surface area contributed by atoms with Crippen molar-refractivity contribution in [2.75, 3.05) is 7.11 Å². The van der Waals surface area contributed by atoms with Crippen LogP contribution in [-0.4, -0.2) is 25.0 Å². The minimum atomic E-state index is -0.263. The van der Waals surface area contributed by atoms with Gasteiger partial charge in [-0.05, 0) is 12.8 Å². The van der Waals surface area contributed by atoms with Gasteiger partial charge in [-0.25, -0.2) is 0 Å². The number of methoxy groups -OCH3 is 1. The Bertz CT molecular complexity index is 250. The third-order valence-electron chi connectivity index (χ3n) is 2.83. The Labute approximate surface area is 84.0 Å². The van der Waals surface area contributed by atoms with Crippen LogP contribution in [0.5, 0.6) is 0 Å². The van der Waals surface area contributed by atoms with Crippen LogP contribution in [0.1, 0.15) is 20.8 Å². The van der Waals surface area contributed by atoms with Crippen molar-refractivity contribution in [2.24, 2.45) is 17.8 Å². The molecular weight excluding hydrogens is 182 g/mol. The van der Waals surface area contributed by atoms with Gasteiger partial charge in [0.25, 0.3) is 0 Å². The standard InChI is InChI=1S/C10H17NO3/c1-5(2)7-8(11-9(7)12)6(3)10(13)14-4/h5-8H,1-4H3,(H,11,12)/t6-,7-,8-/m1/s1. The highest BCUT2D eigenvalue weighted by atomic mass is 16.5. The number of carbonyl (C=O) groups is 2. The SMILES string of the molecule is COC(=O)[C@H](C)[C@H]1NC(=O)[C@@H]1C(C)C. The predicted molar refractivity (Wildman–Crippen MR) is 51.4 cm³/mol. The van der Waals surface area contributed by atoms with Gasteiger partial charge in [0.2, 0.25) is 5.91 Å². The number of ether oxygens (including phenoxy) is 1. The molecule has 1 N–H and O–H groups in total. The van der Waals surface area contributed by atoms with Gasteiger partial charge in [-0.3, -0.25) is 9.59 Å². The first-order chi connectivity index (χ1) is 6.49. The third-order valence-corrected chi connectivity index (χ3v) is 2.83. The van der Waals surface area contributed by atoms with E-state index in [1.54, 1.807) is 6.92 Å². The maximum absolute atomic E-state index is 11.2. The van der Waals surface area contributed by atoms with E-state index in [9.17, 15) is 9.59 Å². The molecule has 0 saturated carbocycles. The number of rotatable bonds is 3. The molecule has 1 heterocycles. The molecular formula is C10H17NO3. The summed E-state index contributed by atoms with van der Waals surface area (Å²) in [5.41, 5.74) is 0. The van der Waals surface area contributed by atoms with Crippen LogP contribution in [0, 0.1) is 17.8 Å². The maximum atomic E-state index is 11.2. The highest BCUT2D eigenvalue weighted by Crippen LogP contribution is 2.29. The minimum absolute atomic E-state index is 0.0424. The van der Waals surface area contributed by atoms with Crippen LogP contribution in [-0.2, 0) is 14.3 Å². The van der Waals surface area contributed by atoms with E-state index in [4.69, 9.17) is 0 Å². The van der Waals surface area contributed by atoms with Crippen LogP contribution < -0.4 is 5.32 Å². The molecule has 80 valence electrons. The fourth-order valence-corrected chi connectivity index (χ4v) is 1.90. The second-order valence-corrected chi connectivity index (χ2v) is 4.12. The number of nitrogens with one attached hydrogen (secondary N) is 1. The molecule has 0 unspecified atom stereocenters. The highest BCUT2D eigenvalue weighted by Gasteiger charge is 2.46. The monoisotopic (exact) mass is 199 g/mol. The largest absolute Gasteiger partial charge is 0.469 e. The summed E-state index contributed by atoms with van der Waals surface area (Å²) in [5, 5.41) is 2.75. The Kier molecular flexibility index (Phi) is 3.13. The molecule has 0 bridgehead atoms. The predicted octanol–water partition coefficient (Wildman–Crippen LogP) is 0.566. The molecule has 0 aromatic rings. The van der Waals surface area contributed by atoms with Crippen molar-refractivity contribution >= 4 is 11.9 Å².